The van der Waals surface area contributed by atoms with Crippen molar-refractivity contribution in [3.63, 3.8) is 0 Å². The standard InChI is InChI=1S/C25H25F2N3O3/c26-20-2-1-3-21(27)19(20)14-29-10-8-15(9-11-29)16-4-5-18-17(12-16)13-30(25(18)33)22-6-7-23(31)28-24(22)32/h1-5,12,15,22H,6-11,13-14H2,(H,28,31,32). The van der Waals surface area contributed by atoms with Gasteiger partial charge in [0.2, 0.25) is 11.8 Å². The lowest BCUT2D eigenvalue weighted by molar-refractivity contribution is -0.136. The zero-order valence-electron chi connectivity index (χ0n) is 18.2. The van der Waals surface area contributed by atoms with Gasteiger partial charge in [-0.3, -0.25) is 24.6 Å². The second-order valence-corrected chi connectivity index (χ2v) is 9.07. The summed E-state index contributed by atoms with van der Waals surface area (Å²) in [6, 6.07) is 9.19. The molecule has 3 amide bonds. The molecular formula is C25H25F2N3O3. The Labute approximate surface area is 190 Å². The van der Waals surface area contributed by atoms with Crippen LogP contribution >= 0.6 is 0 Å². The van der Waals surface area contributed by atoms with Crippen molar-refractivity contribution in [3.8, 4) is 0 Å². The number of likely N-dealkylation sites (tertiary alicyclic amines) is 1. The van der Waals surface area contributed by atoms with Gasteiger partial charge in [0.15, 0.2) is 0 Å². The highest BCUT2D eigenvalue weighted by atomic mass is 19.1. The zero-order chi connectivity index (χ0) is 23.1. The Balaban J connectivity index is 1.24. The Bertz CT molecular complexity index is 1110. The smallest absolute Gasteiger partial charge is 0.255 e. The molecule has 3 aliphatic rings. The van der Waals surface area contributed by atoms with Gasteiger partial charge in [-0.1, -0.05) is 18.2 Å². The van der Waals surface area contributed by atoms with Gasteiger partial charge in [-0.05, 0) is 67.6 Å². The molecule has 1 unspecified atom stereocenters. The van der Waals surface area contributed by atoms with Gasteiger partial charge in [-0.2, -0.15) is 0 Å². The lowest BCUT2D eigenvalue weighted by Crippen LogP contribution is -2.52. The van der Waals surface area contributed by atoms with Crippen LogP contribution in [-0.2, 0) is 22.7 Å². The third-order valence-electron chi connectivity index (χ3n) is 7.05. The van der Waals surface area contributed by atoms with Crippen molar-refractivity contribution < 1.29 is 23.2 Å². The maximum absolute atomic E-state index is 14.0. The van der Waals surface area contributed by atoms with Crippen molar-refractivity contribution in [1.82, 2.24) is 15.1 Å². The molecule has 2 aromatic rings. The number of hydrogen-bond acceptors (Lipinski definition) is 4. The Kier molecular flexibility index (Phi) is 5.70. The first-order chi connectivity index (χ1) is 15.9. The fourth-order valence-corrected chi connectivity index (χ4v) is 5.18. The number of piperidine rings is 2. The van der Waals surface area contributed by atoms with E-state index in [1.54, 1.807) is 4.90 Å². The van der Waals surface area contributed by atoms with Gasteiger partial charge < -0.3 is 4.90 Å². The fraction of sp³-hybridized carbons (Fsp3) is 0.400. The summed E-state index contributed by atoms with van der Waals surface area (Å²) >= 11 is 0. The molecule has 0 spiro atoms. The molecule has 1 N–H and O–H groups in total. The van der Waals surface area contributed by atoms with Gasteiger partial charge in [0.25, 0.3) is 5.91 Å². The third-order valence-corrected chi connectivity index (χ3v) is 7.05. The molecule has 3 heterocycles. The molecule has 0 aromatic heterocycles. The van der Waals surface area contributed by atoms with Crippen LogP contribution in [0.3, 0.4) is 0 Å². The summed E-state index contributed by atoms with van der Waals surface area (Å²) in [5.74, 6) is -1.61. The average Bonchev–Trinajstić information content (AvgIpc) is 3.12. The molecule has 0 aliphatic carbocycles. The Morgan fingerprint density at radius 1 is 0.970 bits per heavy atom. The number of halogens is 2. The van der Waals surface area contributed by atoms with Crippen molar-refractivity contribution in [2.45, 2.75) is 50.7 Å². The van der Waals surface area contributed by atoms with Crippen molar-refractivity contribution in [2.75, 3.05) is 13.1 Å². The summed E-state index contributed by atoms with van der Waals surface area (Å²) in [5, 5.41) is 2.32. The van der Waals surface area contributed by atoms with E-state index in [0.29, 0.717) is 24.4 Å². The van der Waals surface area contributed by atoms with E-state index in [2.05, 4.69) is 16.3 Å². The van der Waals surface area contributed by atoms with E-state index in [1.165, 1.54) is 18.2 Å². The van der Waals surface area contributed by atoms with E-state index >= 15 is 0 Å². The maximum atomic E-state index is 14.0. The van der Waals surface area contributed by atoms with Gasteiger partial charge in [-0.25, -0.2) is 8.78 Å². The minimum Gasteiger partial charge on any atom is -0.322 e. The summed E-state index contributed by atoms with van der Waals surface area (Å²) in [6.07, 6.45) is 2.30. The molecule has 2 aromatic carbocycles. The molecule has 0 bridgehead atoms. The van der Waals surface area contributed by atoms with Crippen molar-refractivity contribution in [1.29, 1.82) is 0 Å². The van der Waals surface area contributed by atoms with Crippen LogP contribution in [0.2, 0.25) is 0 Å². The predicted octanol–water partition coefficient (Wildman–Crippen LogP) is 3.11. The topological polar surface area (TPSA) is 69.7 Å². The molecule has 8 heteroatoms. The first-order valence-electron chi connectivity index (χ1n) is 11.3. The second-order valence-electron chi connectivity index (χ2n) is 9.07. The first kappa shape index (κ1) is 21.7. The van der Waals surface area contributed by atoms with Crippen molar-refractivity contribution in [3.05, 3.63) is 70.3 Å². The average molecular weight is 453 g/mol. The largest absolute Gasteiger partial charge is 0.322 e. The van der Waals surface area contributed by atoms with Crippen LogP contribution in [0, 0.1) is 11.6 Å². The van der Waals surface area contributed by atoms with Gasteiger partial charge in [0.1, 0.15) is 17.7 Å². The van der Waals surface area contributed by atoms with Crippen LogP contribution in [0.4, 0.5) is 8.78 Å². The molecule has 6 nitrogen and oxygen atoms in total. The van der Waals surface area contributed by atoms with E-state index in [9.17, 15) is 23.2 Å². The normalized spacial score (nSPS) is 21.9. The lowest BCUT2D eigenvalue weighted by Gasteiger charge is -2.32. The van der Waals surface area contributed by atoms with Crippen molar-refractivity contribution >= 4 is 17.7 Å². The third kappa shape index (κ3) is 4.15. The van der Waals surface area contributed by atoms with Crippen LogP contribution in [-0.4, -0.2) is 46.7 Å². The van der Waals surface area contributed by atoms with Crippen LogP contribution in [0.25, 0.3) is 0 Å². The molecule has 33 heavy (non-hydrogen) atoms. The lowest BCUT2D eigenvalue weighted by atomic mass is 9.87. The molecule has 0 saturated carbocycles. The molecule has 2 fully saturated rings. The highest BCUT2D eigenvalue weighted by molar-refractivity contribution is 6.05. The number of amides is 3. The summed E-state index contributed by atoms with van der Waals surface area (Å²) < 4.78 is 28.0. The molecule has 172 valence electrons. The van der Waals surface area contributed by atoms with Crippen LogP contribution in [0.1, 0.15) is 58.6 Å². The molecule has 2 saturated heterocycles. The summed E-state index contributed by atoms with van der Waals surface area (Å²) in [6.45, 7) is 2.08. The first-order valence-corrected chi connectivity index (χ1v) is 11.3. The van der Waals surface area contributed by atoms with Crippen LogP contribution in [0.15, 0.2) is 36.4 Å². The minimum absolute atomic E-state index is 0.112. The number of nitrogens with zero attached hydrogens (tertiary/aromatic N) is 2. The molecule has 5 rings (SSSR count). The molecular weight excluding hydrogens is 428 g/mol. The fourth-order valence-electron chi connectivity index (χ4n) is 5.18. The maximum Gasteiger partial charge on any atom is 0.255 e. The Morgan fingerprint density at radius 3 is 2.39 bits per heavy atom. The second kappa shape index (κ2) is 8.67. The van der Waals surface area contributed by atoms with E-state index in [-0.39, 0.29) is 30.3 Å². The number of carbonyl (C=O) groups is 3. The van der Waals surface area contributed by atoms with Gasteiger partial charge in [0, 0.05) is 30.6 Å². The molecule has 0 radical (unpaired) electrons. The number of imide groups is 1. The number of fused-ring (bicyclic) bond motifs is 1. The molecule has 1 atom stereocenters. The monoisotopic (exact) mass is 453 g/mol. The summed E-state index contributed by atoms with van der Waals surface area (Å²) in [5.41, 5.74) is 2.76. The number of benzene rings is 2. The van der Waals surface area contributed by atoms with E-state index in [4.69, 9.17) is 0 Å². The highest BCUT2D eigenvalue weighted by Gasteiger charge is 2.39. The Morgan fingerprint density at radius 2 is 1.70 bits per heavy atom. The van der Waals surface area contributed by atoms with E-state index in [0.717, 1.165) is 37.1 Å². The summed E-state index contributed by atoms with van der Waals surface area (Å²) in [4.78, 5) is 40.2. The predicted molar refractivity (Wildman–Crippen MR) is 116 cm³/mol. The van der Waals surface area contributed by atoms with Crippen LogP contribution in [0.5, 0.6) is 0 Å². The quantitative estimate of drug-likeness (QED) is 0.723. The highest BCUT2D eigenvalue weighted by Crippen LogP contribution is 2.34. The number of hydrogen-bond donors (Lipinski definition) is 1. The SMILES string of the molecule is O=C1CCC(N2Cc3cc(C4CCN(Cc5c(F)cccc5F)CC4)ccc3C2=O)C(=O)N1. The molecule has 3 aliphatic heterocycles. The minimum atomic E-state index is -0.618. The van der Waals surface area contributed by atoms with Crippen molar-refractivity contribution in [2.24, 2.45) is 0 Å². The Hall–Kier alpha value is -3.13. The van der Waals surface area contributed by atoms with Crippen LogP contribution < -0.4 is 5.32 Å². The number of carbonyl (C=O) groups excluding carboxylic acids is 3. The zero-order valence-corrected chi connectivity index (χ0v) is 18.2. The number of nitrogens with one attached hydrogen (secondary N) is 1. The van der Waals surface area contributed by atoms with Gasteiger partial charge in [0.05, 0.1) is 0 Å². The van der Waals surface area contributed by atoms with E-state index < -0.39 is 23.6 Å². The number of rotatable bonds is 4. The van der Waals surface area contributed by atoms with Gasteiger partial charge in [-0.15, -0.1) is 0 Å². The van der Waals surface area contributed by atoms with E-state index in [1.807, 2.05) is 12.1 Å². The summed E-state index contributed by atoms with van der Waals surface area (Å²) in [7, 11) is 0. The van der Waals surface area contributed by atoms with Gasteiger partial charge >= 0.3 is 0 Å².